The third-order valence-corrected chi connectivity index (χ3v) is 8.53. The molecule has 0 spiro atoms. The van der Waals surface area contributed by atoms with Crippen LogP contribution in [0.5, 0.6) is 0 Å². The fourth-order valence-electron chi connectivity index (χ4n) is 3.81. The van der Waals surface area contributed by atoms with Crippen molar-refractivity contribution in [1.82, 2.24) is 14.8 Å². The quantitative estimate of drug-likeness (QED) is 0.556. The van der Waals surface area contributed by atoms with E-state index in [-0.39, 0.29) is 22.5 Å². The number of amides is 1. The minimum atomic E-state index is -3.47. The lowest BCUT2D eigenvalue weighted by Crippen LogP contribution is -2.16. The lowest BCUT2D eigenvalue weighted by Gasteiger charge is -2.20. The number of hydrogen-bond donors (Lipinski definition) is 2. The number of carbonyl (C=O) groups is 1. The molecule has 0 saturated heterocycles. The van der Waals surface area contributed by atoms with Gasteiger partial charge < -0.3 is 5.11 Å². The van der Waals surface area contributed by atoms with Gasteiger partial charge in [-0.3, -0.25) is 9.48 Å². The zero-order valence-electron chi connectivity index (χ0n) is 19.5. The number of hydrogen-bond acceptors (Lipinski definition) is 6. The SMILES string of the molecule is CC(C)c1cc2c(cnn2C)c(C(C)C)c1CC(=O)N=S(N)(=O)c1cnc(C(C)(C)O)s1. The Hall–Kier alpha value is -2.14. The van der Waals surface area contributed by atoms with Crippen LogP contribution in [-0.2, 0) is 33.8 Å². The highest BCUT2D eigenvalue weighted by Crippen LogP contribution is 2.35. The molecular formula is C22H31N5O3S2. The van der Waals surface area contributed by atoms with Crippen molar-refractivity contribution in [1.29, 1.82) is 0 Å². The van der Waals surface area contributed by atoms with Crippen LogP contribution in [-0.4, -0.2) is 30.0 Å². The Labute approximate surface area is 193 Å². The van der Waals surface area contributed by atoms with Crippen LogP contribution in [0.15, 0.2) is 27.0 Å². The van der Waals surface area contributed by atoms with Gasteiger partial charge in [0.1, 0.15) is 14.8 Å². The molecule has 0 saturated carbocycles. The maximum absolute atomic E-state index is 13.0. The standard InChI is InChI=1S/C22H31N5O3S2/c1-12(2)14-8-17-16(10-25-27(17)7)20(13(3)4)15(14)9-18(28)26-32(23,30)19-11-24-21(31-19)22(5,6)29/h8,10-13,29H,9H2,1-7H3,(H2,23,26,28,30). The Morgan fingerprint density at radius 1 is 1.28 bits per heavy atom. The van der Waals surface area contributed by atoms with Crippen molar-refractivity contribution < 1.29 is 14.1 Å². The summed E-state index contributed by atoms with van der Waals surface area (Å²) in [4.78, 5) is 17.1. The summed E-state index contributed by atoms with van der Waals surface area (Å²) < 4.78 is 18.9. The summed E-state index contributed by atoms with van der Waals surface area (Å²) in [5.74, 6) is -0.225. The highest BCUT2D eigenvalue weighted by Gasteiger charge is 2.25. The molecule has 10 heteroatoms. The third-order valence-electron chi connectivity index (χ3n) is 5.30. The Bertz CT molecular complexity index is 1290. The maximum Gasteiger partial charge on any atom is 0.259 e. The second-order valence-corrected chi connectivity index (χ2v) is 12.2. The van der Waals surface area contributed by atoms with Gasteiger partial charge in [0, 0.05) is 12.4 Å². The second kappa shape index (κ2) is 8.66. The molecule has 8 nitrogen and oxygen atoms in total. The van der Waals surface area contributed by atoms with E-state index in [4.69, 9.17) is 5.14 Å². The molecule has 1 amide bonds. The molecule has 0 radical (unpaired) electrons. The van der Waals surface area contributed by atoms with Crippen LogP contribution < -0.4 is 5.14 Å². The molecule has 32 heavy (non-hydrogen) atoms. The fraction of sp³-hybridized carbons (Fsp3) is 0.500. The van der Waals surface area contributed by atoms with E-state index in [0.29, 0.717) is 5.01 Å². The Morgan fingerprint density at radius 2 is 1.94 bits per heavy atom. The van der Waals surface area contributed by atoms with Crippen LogP contribution >= 0.6 is 11.3 Å². The van der Waals surface area contributed by atoms with Gasteiger partial charge in [0.05, 0.1) is 24.3 Å². The lowest BCUT2D eigenvalue weighted by molar-refractivity contribution is -0.117. The van der Waals surface area contributed by atoms with Gasteiger partial charge >= 0.3 is 0 Å². The number of rotatable bonds is 6. The molecule has 0 aliphatic rings. The van der Waals surface area contributed by atoms with E-state index < -0.39 is 21.4 Å². The first kappa shape index (κ1) is 24.5. The van der Waals surface area contributed by atoms with Crippen molar-refractivity contribution >= 4 is 38.1 Å². The van der Waals surface area contributed by atoms with E-state index >= 15 is 0 Å². The topological polar surface area (TPSA) is 123 Å². The van der Waals surface area contributed by atoms with E-state index in [9.17, 15) is 14.1 Å². The molecule has 2 heterocycles. The lowest BCUT2D eigenvalue weighted by atomic mass is 9.85. The van der Waals surface area contributed by atoms with Gasteiger partial charge in [0.2, 0.25) is 0 Å². The summed E-state index contributed by atoms with van der Waals surface area (Å²) in [6, 6.07) is 2.07. The Balaban J connectivity index is 2.08. The first-order chi connectivity index (χ1) is 14.7. The summed E-state index contributed by atoms with van der Waals surface area (Å²) in [6.45, 7) is 11.5. The molecular weight excluding hydrogens is 446 g/mol. The number of aryl methyl sites for hydroxylation is 1. The number of benzene rings is 1. The molecule has 0 aliphatic heterocycles. The molecule has 0 fully saturated rings. The van der Waals surface area contributed by atoms with Gasteiger partial charge in [-0.2, -0.15) is 5.10 Å². The van der Waals surface area contributed by atoms with Crippen LogP contribution in [0.2, 0.25) is 0 Å². The van der Waals surface area contributed by atoms with E-state index in [1.54, 1.807) is 13.8 Å². The van der Waals surface area contributed by atoms with Crippen molar-refractivity contribution in [2.45, 2.75) is 69.6 Å². The maximum atomic E-state index is 13.0. The van der Waals surface area contributed by atoms with Crippen molar-refractivity contribution in [3.8, 4) is 0 Å². The molecule has 2 aromatic heterocycles. The first-order valence-corrected chi connectivity index (χ1v) is 12.9. The summed E-state index contributed by atoms with van der Waals surface area (Å²) in [5.41, 5.74) is 2.80. The third kappa shape index (κ3) is 4.78. The summed E-state index contributed by atoms with van der Waals surface area (Å²) >= 11 is 0.997. The van der Waals surface area contributed by atoms with E-state index in [1.807, 2.05) is 17.9 Å². The molecule has 0 bridgehead atoms. The van der Waals surface area contributed by atoms with Crippen LogP contribution in [0, 0.1) is 0 Å². The molecule has 1 unspecified atom stereocenters. The van der Waals surface area contributed by atoms with Gasteiger partial charge in [0.15, 0.2) is 9.92 Å². The molecule has 3 rings (SSSR count). The number of aromatic nitrogens is 3. The number of nitrogens with zero attached hydrogens (tertiary/aromatic N) is 4. The van der Waals surface area contributed by atoms with Crippen molar-refractivity contribution in [2.75, 3.05) is 0 Å². The second-order valence-electron chi connectivity index (χ2n) is 9.14. The zero-order valence-corrected chi connectivity index (χ0v) is 21.2. The largest absolute Gasteiger partial charge is 0.383 e. The van der Waals surface area contributed by atoms with Gasteiger partial charge in [-0.1, -0.05) is 27.7 Å². The number of thiazole rings is 1. The minimum absolute atomic E-state index is 0.00277. The summed E-state index contributed by atoms with van der Waals surface area (Å²) in [5, 5.41) is 21.8. The molecule has 0 aliphatic carbocycles. The van der Waals surface area contributed by atoms with E-state index in [0.717, 1.165) is 38.9 Å². The smallest absolute Gasteiger partial charge is 0.259 e. The number of carbonyl (C=O) groups excluding carboxylic acids is 1. The molecule has 1 atom stereocenters. The minimum Gasteiger partial charge on any atom is -0.383 e. The van der Waals surface area contributed by atoms with Gasteiger partial charge in [0.25, 0.3) is 5.91 Å². The number of nitrogens with two attached hydrogens (primary N) is 1. The Kier molecular flexibility index (Phi) is 6.63. The molecule has 174 valence electrons. The average molecular weight is 478 g/mol. The van der Waals surface area contributed by atoms with Crippen molar-refractivity contribution in [2.24, 2.45) is 16.5 Å². The van der Waals surface area contributed by atoms with Crippen LogP contribution in [0.1, 0.15) is 75.1 Å². The first-order valence-electron chi connectivity index (χ1n) is 10.5. The zero-order chi connectivity index (χ0) is 24.0. The summed E-state index contributed by atoms with van der Waals surface area (Å²) in [6.07, 6.45) is 3.14. The predicted molar refractivity (Wildman–Crippen MR) is 128 cm³/mol. The predicted octanol–water partition coefficient (Wildman–Crippen LogP) is 3.97. The van der Waals surface area contributed by atoms with Crippen LogP contribution in [0.3, 0.4) is 0 Å². The van der Waals surface area contributed by atoms with Gasteiger partial charge in [-0.05, 0) is 48.4 Å². The number of fused-ring (bicyclic) bond motifs is 1. The van der Waals surface area contributed by atoms with Crippen LogP contribution in [0.25, 0.3) is 10.9 Å². The van der Waals surface area contributed by atoms with Crippen molar-refractivity contribution in [3.05, 3.63) is 40.2 Å². The van der Waals surface area contributed by atoms with Crippen molar-refractivity contribution in [3.63, 3.8) is 0 Å². The molecule has 3 aromatic rings. The van der Waals surface area contributed by atoms with Gasteiger partial charge in [-0.25, -0.2) is 14.3 Å². The van der Waals surface area contributed by atoms with E-state index in [2.05, 4.69) is 48.2 Å². The highest BCUT2D eigenvalue weighted by molar-refractivity contribution is 7.93. The van der Waals surface area contributed by atoms with Gasteiger partial charge in [-0.15, -0.1) is 15.7 Å². The van der Waals surface area contributed by atoms with E-state index in [1.165, 1.54) is 6.20 Å². The summed E-state index contributed by atoms with van der Waals surface area (Å²) in [7, 11) is -1.57. The average Bonchev–Trinajstić information content (AvgIpc) is 3.28. The molecule has 3 N–H and O–H groups in total. The fourth-order valence-corrected chi connectivity index (χ4v) is 5.95. The number of aliphatic hydroxyl groups is 1. The normalized spacial score (nSPS) is 14.3. The molecule has 1 aromatic carbocycles. The monoisotopic (exact) mass is 477 g/mol. The van der Waals surface area contributed by atoms with Crippen LogP contribution in [0.4, 0.5) is 0 Å². The Morgan fingerprint density at radius 3 is 2.47 bits per heavy atom. The highest BCUT2D eigenvalue weighted by atomic mass is 32.2.